The molecule has 0 saturated carbocycles. The molecule has 0 amide bonds. The van der Waals surface area contributed by atoms with Gasteiger partial charge in [0.1, 0.15) is 0 Å². The van der Waals surface area contributed by atoms with Gasteiger partial charge in [0.2, 0.25) is 0 Å². The van der Waals surface area contributed by atoms with Crippen molar-refractivity contribution in [1.29, 1.82) is 0 Å². The first kappa shape index (κ1) is 13.1. The Morgan fingerprint density at radius 2 is 2.32 bits per heavy atom. The Morgan fingerprint density at radius 1 is 1.42 bits per heavy atom. The lowest BCUT2D eigenvalue weighted by Gasteiger charge is -2.04. The number of rotatable bonds is 3. The van der Waals surface area contributed by atoms with Crippen LogP contribution < -0.4 is 5.56 Å². The maximum Gasteiger partial charge on any atom is 0.255 e. The highest BCUT2D eigenvalue weighted by atomic mass is 35.5. The van der Waals surface area contributed by atoms with Crippen molar-refractivity contribution in [2.75, 3.05) is 0 Å². The van der Waals surface area contributed by atoms with Gasteiger partial charge in [0, 0.05) is 27.8 Å². The van der Waals surface area contributed by atoms with Crippen molar-refractivity contribution >= 4 is 35.1 Å². The van der Waals surface area contributed by atoms with Gasteiger partial charge in [0.25, 0.3) is 5.56 Å². The zero-order valence-electron chi connectivity index (χ0n) is 9.98. The Kier molecular flexibility index (Phi) is 3.86. The summed E-state index contributed by atoms with van der Waals surface area (Å²) in [6.45, 7) is 0. The number of hydrogen-bond acceptors (Lipinski definition) is 4. The van der Waals surface area contributed by atoms with Gasteiger partial charge in [-0.3, -0.25) is 4.79 Å². The van der Waals surface area contributed by atoms with E-state index in [1.165, 1.54) is 11.8 Å². The minimum atomic E-state index is 0.00333. The molecule has 0 fully saturated rings. The third-order valence-corrected chi connectivity index (χ3v) is 4.98. The van der Waals surface area contributed by atoms with Crippen LogP contribution in [0, 0.1) is 0 Å². The number of thioether (sulfide) groups is 2. The molecule has 0 atom stereocenters. The predicted octanol–water partition coefficient (Wildman–Crippen LogP) is 3.46. The molecule has 98 valence electrons. The highest BCUT2D eigenvalue weighted by molar-refractivity contribution is 7.98. The van der Waals surface area contributed by atoms with Crippen LogP contribution in [-0.4, -0.2) is 9.97 Å². The number of aromatic nitrogens is 2. The van der Waals surface area contributed by atoms with Crippen molar-refractivity contribution in [3.63, 3.8) is 0 Å². The van der Waals surface area contributed by atoms with E-state index >= 15 is 0 Å². The molecule has 3 nitrogen and oxygen atoms in total. The van der Waals surface area contributed by atoms with Crippen LogP contribution in [0.1, 0.15) is 16.8 Å². The van der Waals surface area contributed by atoms with E-state index in [0.29, 0.717) is 5.16 Å². The van der Waals surface area contributed by atoms with E-state index in [2.05, 4.69) is 9.97 Å². The summed E-state index contributed by atoms with van der Waals surface area (Å²) in [7, 11) is 0. The van der Waals surface area contributed by atoms with Gasteiger partial charge in [-0.1, -0.05) is 35.5 Å². The molecule has 0 spiro atoms. The lowest BCUT2D eigenvalue weighted by atomic mass is 10.2. The molecule has 0 bridgehead atoms. The van der Waals surface area contributed by atoms with Crippen LogP contribution in [0.2, 0.25) is 5.02 Å². The van der Waals surface area contributed by atoms with Crippen LogP contribution in [0.3, 0.4) is 0 Å². The topological polar surface area (TPSA) is 45.8 Å². The molecule has 1 aromatic carbocycles. The molecule has 0 unspecified atom stereocenters. The maximum atomic E-state index is 11.9. The smallest absolute Gasteiger partial charge is 0.255 e. The molecule has 1 aliphatic rings. The minimum absolute atomic E-state index is 0.00333. The molecule has 19 heavy (non-hydrogen) atoms. The molecule has 1 aromatic heterocycles. The second kappa shape index (κ2) is 5.61. The molecule has 0 aliphatic carbocycles. The second-order valence-electron chi connectivity index (χ2n) is 4.21. The van der Waals surface area contributed by atoms with Gasteiger partial charge < -0.3 is 4.98 Å². The predicted molar refractivity (Wildman–Crippen MR) is 80.9 cm³/mol. The lowest BCUT2D eigenvalue weighted by Crippen LogP contribution is -2.14. The molecule has 1 N–H and O–H groups in total. The van der Waals surface area contributed by atoms with E-state index in [9.17, 15) is 4.79 Å². The van der Waals surface area contributed by atoms with Crippen molar-refractivity contribution < 1.29 is 0 Å². The molecule has 0 saturated heterocycles. The van der Waals surface area contributed by atoms with Crippen molar-refractivity contribution in [1.82, 2.24) is 9.97 Å². The summed E-state index contributed by atoms with van der Waals surface area (Å²) in [5.41, 5.74) is 2.89. The van der Waals surface area contributed by atoms with E-state index in [1.807, 2.05) is 24.3 Å². The highest BCUT2D eigenvalue weighted by Crippen LogP contribution is 2.27. The van der Waals surface area contributed by atoms with Crippen LogP contribution in [0.5, 0.6) is 0 Å². The van der Waals surface area contributed by atoms with Crippen LogP contribution in [0.4, 0.5) is 0 Å². The number of benzene rings is 1. The summed E-state index contributed by atoms with van der Waals surface area (Å²) in [6.07, 6.45) is 0. The molecular weight excluding hydrogens is 300 g/mol. The molecule has 2 aromatic rings. The average Bonchev–Trinajstić information content (AvgIpc) is 2.85. The van der Waals surface area contributed by atoms with E-state index in [1.54, 1.807) is 11.8 Å². The van der Waals surface area contributed by atoms with Crippen molar-refractivity contribution in [2.24, 2.45) is 0 Å². The number of nitrogens with one attached hydrogen (secondary N) is 1. The molecule has 1 aliphatic heterocycles. The number of nitrogens with zero attached hydrogens (tertiary/aromatic N) is 1. The summed E-state index contributed by atoms with van der Waals surface area (Å²) in [5.74, 6) is 2.36. The van der Waals surface area contributed by atoms with Crippen molar-refractivity contribution in [2.45, 2.75) is 22.4 Å². The Balaban J connectivity index is 1.77. The molecule has 2 heterocycles. The molecule has 0 radical (unpaired) electrons. The Morgan fingerprint density at radius 3 is 3.16 bits per heavy atom. The van der Waals surface area contributed by atoms with Crippen LogP contribution in [0.25, 0.3) is 0 Å². The summed E-state index contributed by atoms with van der Waals surface area (Å²) in [4.78, 5) is 19.2. The van der Waals surface area contributed by atoms with Crippen LogP contribution in [0.15, 0.2) is 34.2 Å². The Labute approximate surface area is 124 Å². The van der Waals surface area contributed by atoms with Gasteiger partial charge in [0.15, 0.2) is 5.16 Å². The second-order valence-corrected chi connectivity index (χ2v) is 6.59. The number of hydrogen-bond donors (Lipinski definition) is 1. The minimum Gasteiger partial charge on any atom is -0.301 e. The molecular formula is C13H11ClN2OS2. The summed E-state index contributed by atoms with van der Waals surface area (Å²) in [5, 5.41) is 1.41. The van der Waals surface area contributed by atoms with Gasteiger partial charge in [-0.05, 0) is 17.7 Å². The largest absolute Gasteiger partial charge is 0.301 e. The number of aromatic amines is 1. The zero-order chi connectivity index (χ0) is 13.2. The first-order chi connectivity index (χ1) is 9.22. The van der Waals surface area contributed by atoms with Gasteiger partial charge in [-0.25, -0.2) is 4.98 Å². The Bertz CT molecular complexity index is 672. The highest BCUT2D eigenvalue weighted by Gasteiger charge is 2.17. The molecule has 6 heteroatoms. The zero-order valence-corrected chi connectivity index (χ0v) is 12.4. The van der Waals surface area contributed by atoms with E-state index in [-0.39, 0.29) is 5.56 Å². The Hall–Kier alpha value is -0.910. The fourth-order valence-electron chi connectivity index (χ4n) is 1.89. The van der Waals surface area contributed by atoms with Crippen molar-refractivity contribution in [3.8, 4) is 0 Å². The fourth-order valence-corrected chi connectivity index (χ4v) is 3.96. The van der Waals surface area contributed by atoms with Gasteiger partial charge in [0.05, 0.1) is 5.69 Å². The van der Waals surface area contributed by atoms with E-state index < -0.39 is 0 Å². The number of H-pyrrole nitrogens is 1. The standard InChI is InChI=1S/C13H11ClN2OS2/c14-9-3-1-2-8(4-9)5-19-13-15-11-7-18-6-10(11)12(17)16-13/h1-4H,5-7H2,(H,15,16,17). The van der Waals surface area contributed by atoms with Crippen LogP contribution >= 0.6 is 35.1 Å². The summed E-state index contributed by atoms with van der Waals surface area (Å²) in [6, 6.07) is 7.71. The maximum absolute atomic E-state index is 11.9. The number of halogens is 1. The fraction of sp³-hybridized carbons (Fsp3) is 0.231. The first-order valence-electron chi connectivity index (χ1n) is 5.79. The van der Waals surface area contributed by atoms with Gasteiger partial charge in [-0.2, -0.15) is 11.8 Å². The third-order valence-electron chi connectivity index (χ3n) is 2.83. The van der Waals surface area contributed by atoms with Crippen molar-refractivity contribution in [3.05, 3.63) is 56.5 Å². The first-order valence-corrected chi connectivity index (χ1v) is 8.31. The van der Waals surface area contributed by atoms with E-state index in [4.69, 9.17) is 11.6 Å². The molecule has 3 rings (SSSR count). The van der Waals surface area contributed by atoms with E-state index in [0.717, 1.165) is 39.1 Å². The monoisotopic (exact) mass is 310 g/mol. The van der Waals surface area contributed by atoms with Gasteiger partial charge in [-0.15, -0.1) is 0 Å². The SMILES string of the molecule is O=c1[nH]c(SCc2cccc(Cl)c2)nc2c1CSC2. The summed E-state index contributed by atoms with van der Waals surface area (Å²) < 4.78 is 0. The quantitative estimate of drug-likeness (QED) is 0.696. The lowest BCUT2D eigenvalue weighted by molar-refractivity contribution is 0.884. The summed E-state index contributed by atoms with van der Waals surface area (Å²) >= 11 is 9.20. The number of fused-ring (bicyclic) bond motifs is 1. The van der Waals surface area contributed by atoms with Gasteiger partial charge >= 0.3 is 0 Å². The normalized spacial score (nSPS) is 13.5. The van der Waals surface area contributed by atoms with Crippen LogP contribution in [-0.2, 0) is 17.3 Å². The third kappa shape index (κ3) is 2.99. The average molecular weight is 311 g/mol.